The first-order chi connectivity index (χ1) is 23.8. The number of para-hydroxylation sites is 1. The van der Waals surface area contributed by atoms with Gasteiger partial charge in [-0.2, -0.15) is 0 Å². The average molecular weight is 646 g/mol. The van der Waals surface area contributed by atoms with E-state index < -0.39 is 8.07 Å². The van der Waals surface area contributed by atoms with Crippen LogP contribution in [-0.4, -0.2) is 22.6 Å². The summed E-state index contributed by atoms with van der Waals surface area (Å²) in [6, 6.07) is 51.0. The molecule has 4 heteroatoms. The number of nitrogens with zero attached hydrogens (tertiary/aromatic N) is 3. The van der Waals surface area contributed by atoms with E-state index >= 15 is 0 Å². The summed E-state index contributed by atoms with van der Waals surface area (Å²) in [5.41, 5.74) is 14.5. The van der Waals surface area contributed by atoms with Gasteiger partial charge in [0.2, 0.25) is 0 Å². The highest BCUT2D eigenvalue weighted by Crippen LogP contribution is 2.51. The molecule has 1 aliphatic heterocycles. The molecule has 0 bridgehead atoms. The predicted molar refractivity (Wildman–Crippen MR) is 207 cm³/mol. The largest absolute Gasteiger partial charge is 0.309 e. The van der Waals surface area contributed by atoms with E-state index in [0.717, 1.165) is 34.0 Å². The van der Waals surface area contributed by atoms with E-state index in [4.69, 9.17) is 9.97 Å². The molecule has 0 fully saturated rings. The quantitative estimate of drug-likeness (QED) is 0.179. The Morgan fingerprint density at radius 1 is 0.531 bits per heavy atom. The van der Waals surface area contributed by atoms with Crippen LogP contribution in [0.15, 0.2) is 140 Å². The third-order valence-electron chi connectivity index (χ3n) is 11.2. The van der Waals surface area contributed by atoms with E-state index in [0.29, 0.717) is 0 Å². The molecule has 0 saturated carbocycles. The van der Waals surface area contributed by atoms with Gasteiger partial charge in [0.25, 0.3) is 0 Å². The topological polar surface area (TPSA) is 30.7 Å². The highest BCUT2D eigenvalue weighted by molar-refractivity contribution is 7.04. The Balaban J connectivity index is 1.23. The zero-order valence-electron chi connectivity index (χ0n) is 28.1. The molecule has 10 rings (SSSR count). The van der Waals surface area contributed by atoms with Crippen molar-refractivity contribution in [3.63, 3.8) is 0 Å². The van der Waals surface area contributed by atoms with E-state index in [1.807, 2.05) is 6.07 Å². The van der Waals surface area contributed by atoms with Crippen LogP contribution in [0, 0.1) is 0 Å². The highest BCUT2D eigenvalue weighted by Gasteiger charge is 2.42. The lowest BCUT2D eigenvalue weighted by Gasteiger charge is -2.22. The molecule has 0 radical (unpaired) electrons. The normalized spacial score (nSPS) is 14.9. The van der Waals surface area contributed by atoms with Crippen molar-refractivity contribution in [1.82, 2.24) is 14.5 Å². The minimum absolute atomic E-state index is 0.0795. The molecule has 6 aromatic carbocycles. The van der Waals surface area contributed by atoms with Gasteiger partial charge in [-0.1, -0.05) is 136 Å². The summed E-state index contributed by atoms with van der Waals surface area (Å²) in [6.07, 6.45) is 0. The van der Waals surface area contributed by atoms with Gasteiger partial charge in [-0.3, -0.25) is 0 Å². The predicted octanol–water partition coefficient (Wildman–Crippen LogP) is 10.0. The van der Waals surface area contributed by atoms with Crippen LogP contribution < -0.4 is 10.4 Å². The SMILES string of the molecule is CC1(C)c2ccccc2-c2cc3c4ccccc4n(-c4cccc(-c5nc(-c6ccccc6)nc6c5[Si](C)(C)c5ccccc5-6)c4)c3cc21. The van der Waals surface area contributed by atoms with Crippen LogP contribution in [-0.2, 0) is 5.41 Å². The minimum Gasteiger partial charge on any atom is -0.309 e. The molecular weight excluding hydrogens is 611 g/mol. The second-order valence-electron chi connectivity index (χ2n) is 14.6. The van der Waals surface area contributed by atoms with Crippen LogP contribution in [0.5, 0.6) is 0 Å². The lowest BCUT2D eigenvalue weighted by Crippen LogP contribution is -2.50. The lowest BCUT2D eigenvalue weighted by molar-refractivity contribution is 0.661. The maximum atomic E-state index is 5.41. The van der Waals surface area contributed by atoms with Crippen LogP contribution in [0.25, 0.3) is 72.5 Å². The van der Waals surface area contributed by atoms with Crippen LogP contribution in [0.2, 0.25) is 13.1 Å². The smallest absolute Gasteiger partial charge is 0.160 e. The van der Waals surface area contributed by atoms with Crippen LogP contribution in [0.3, 0.4) is 0 Å². The highest BCUT2D eigenvalue weighted by atomic mass is 28.3. The molecule has 0 saturated heterocycles. The van der Waals surface area contributed by atoms with Crippen molar-refractivity contribution in [2.75, 3.05) is 0 Å². The summed E-state index contributed by atoms with van der Waals surface area (Å²) in [4.78, 5) is 10.7. The maximum Gasteiger partial charge on any atom is 0.160 e. The van der Waals surface area contributed by atoms with Crippen LogP contribution in [0.4, 0.5) is 0 Å². The zero-order valence-corrected chi connectivity index (χ0v) is 29.1. The molecule has 2 aliphatic rings. The van der Waals surface area contributed by atoms with Gasteiger partial charge in [0.1, 0.15) is 8.07 Å². The van der Waals surface area contributed by atoms with Gasteiger partial charge in [-0.15, -0.1) is 0 Å². The van der Waals surface area contributed by atoms with E-state index in [1.165, 1.54) is 60.0 Å². The van der Waals surface area contributed by atoms with Crippen molar-refractivity contribution >= 4 is 40.3 Å². The van der Waals surface area contributed by atoms with E-state index in [9.17, 15) is 0 Å². The molecule has 1 aliphatic carbocycles. The summed E-state index contributed by atoms with van der Waals surface area (Å²) in [6.45, 7) is 9.62. The molecule has 0 unspecified atom stereocenters. The lowest BCUT2D eigenvalue weighted by atomic mass is 9.82. The van der Waals surface area contributed by atoms with Crippen molar-refractivity contribution in [3.05, 3.63) is 151 Å². The first-order valence-corrected chi connectivity index (χ1v) is 20.2. The fraction of sp³-hybridized carbons (Fsp3) is 0.111. The van der Waals surface area contributed by atoms with Gasteiger partial charge in [-0.05, 0) is 68.5 Å². The minimum atomic E-state index is -2.09. The molecule has 3 heterocycles. The summed E-state index contributed by atoms with van der Waals surface area (Å²) in [5.74, 6) is 0.774. The van der Waals surface area contributed by atoms with Gasteiger partial charge in [-0.25, -0.2) is 9.97 Å². The number of rotatable bonds is 3. The number of hydrogen-bond acceptors (Lipinski definition) is 2. The van der Waals surface area contributed by atoms with E-state index in [2.05, 4.69) is 165 Å². The van der Waals surface area contributed by atoms with Gasteiger partial charge >= 0.3 is 0 Å². The Morgan fingerprint density at radius 3 is 2.08 bits per heavy atom. The molecular formula is C45H35N3Si. The van der Waals surface area contributed by atoms with Gasteiger partial charge in [0.15, 0.2) is 5.82 Å². The second-order valence-corrected chi connectivity index (χ2v) is 18.9. The number of aromatic nitrogens is 3. The van der Waals surface area contributed by atoms with E-state index in [-0.39, 0.29) is 5.41 Å². The van der Waals surface area contributed by atoms with Gasteiger partial charge in [0, 0.05) is 33.0 Å². The average Bonchev–Trinajstić information content (AvgIpc) is 3.68. The Morgan fingerprint density at radius 2 is 1.22 bits per heavy atom. The summed E-state index contributed by atoms with van der Waals surface area (Å²) >= 11 is 0. The summed E-state index contributed by atoms with van der Waals surface area (Å²) < 4.78 is 2.46. The Kier molecular flexibility index (Phi) is 5.79. The van der Waals surface area contributed by atoms with Crippen molar-refractivity contribution in [2.45, 2.75) is 32.4 Å². The summed E-state index contributed by atoms with van der Waals surface area (Å²) in [7, 11) is -2.09. The summed E-state index contributed by atoms with van der Waals surface area (Å²) in [5, 5.41) is 5.31. The first-order valence-electron chi connectivity index (χ1n) is 17.2. The van der Waals surface area contributed by atoms with Crippen molar-refractivity contribution in [3.8, 4) is 50.7 Å². The molecule has 0 spiro atoms. The molecule has 8 aromatic rings. The van der Waals surface area contributed by atoms with Gasteiger partial charge < -0.3 is 4.57 Å². The van der Waals surface area contributed by atoms with Crippen LogP contribution in [0.1, 0.15) is 25.0 Å². The number of hydrogen-bond donors (Lipinski definition) is 0. The van der Waals surface area contributed by atoms with Crippen molar-refractivity contribution < 1.29 is 0 Å². The fourth-order valence-corrected chi connectivity index (χ4v) is 12.0. The third kappa shape index (κ3) is 3.89. The Labute approximate surface area is 287 Å². The molecule has 0 atom stereocenters. The maximum absolute atomic E-state index is 5.41. The monoisotopic (exact) mass is 645 g/mol. The Hall–Kier alpha value is -5.58. The fourth-order valence-electron chi connectivity index (χ4n) is 8.78. The molecule has 2 aromatic heterocycles. The van der Waals surface area contributed by atoms with Crippen molar-refractivity contribution in [2.24, 2.45) is 0 Å². The Bertz CT molecular complexity index is 2660. The standard InChI is InChI=1S/C45H35N3Si/c1-45(2)36-22-11-8-19-31(36)34-26-35-32-20-9-12-23-38(32)48(39(35)27-37(34)45)30-18-14-17-29(25-30)41-43-42(33-21-10-13-24-40(33)49(43,3)4)47-44(46-41)28-15-6-5-7-16-28/h5-27H,1-4H3. The molecule has 234 valence electrons. The van der Waals surface area contributed by atoms with Crippen molar-refractivity contribution in [1.29, 1.82) is 0 Å². The molecule has 49 heavy (non-hydrogen) atoms. The number of fused-ring (bicyclic) bond motifs is 9. The van der Waals surface area contributed by atoms with Gasteiger partial charge in [0.05, 0.1) is 22.4 Å². The second kappa shape index (κ2) is 9.97. The third-order valence-corrected chi connectivity index (χ3v) is 14.7. The van der Waals surface area contributed by atoms with Crippen LogP contribution >= 0.6 is 0 Å². The number of benzene rings is 6. The molecule has 0 amide bonds. The first kappa shape index (κ1) is 28.4. The van der Waals surface area contributed by atoms with E-state index in [1.54, 1.807) is 0 Å². The molecule has 0 N–H and O–H groups in total. The molecule has 3 nitrogen and oxygen atoms in total. The zero-order chi connectivity index (χ0) is 33.1.